The lowest BCUT2D eigenvalue weighted by Crippen LogP contribution is -1.89. The lowest BCUT2D eigenvalue weighted by molar-refractivity contribution is 0.479. The fraction of sp³-hybridized carbons (Fsp3) is 0.0714. The fourth-order valence-electron chi connectivity index (χ4n) is 1.50. The largest absolute Gasteiger partial charge is 0.456 e. The van der Waals surface area contributed by atoms with Gasteiger partial charge in [0.15, 0.2) is 0 Å². The van der Waals surface area contributed by atoms with Gasteiger partial charge in [-0.05, 0) is 48.9 Å². The zero-order valence-corrected chi connectivity index (χ0v) is 11.1. The number of nitrogens with zero attached hydrogens (tertiary/aromatic N) is 1. The van der Waals surface area contributed by atoms with Crippen LogP contribution in [0.4, 0.5) is 0 Å². The first-order chi connectivity index (χ1) is 8.60. The van der Waals surface area contributed by atoms with Crippen molar-refractivity contribution in [2.24, 2.45) is 0 Å². The predicted molar refractivity (Wildman–Crippen MR) is 72.4 cm³/mol. The van der Waals surface area contributed by atoms with Gasteiger partial charge in [-0.15, -0.1) is 0 Å². The molecule has 2 aromatic carbocycles. The van der Waals surface area contributed by atoms with Crippen molar-refractivity contribution in [2.75, 3.05) is 0 Å². The number of hydrogen-bond acceptors (Lipinski definition) is 2. The molecule has 0 aliphatic rings. The second-order valence-corrected chi connectivity index (χ2v) is 4.61. The van der Waals surface area contributed by atoms with Gasteiger partial charge in [-0.3, -0.25) is 0 Å². The lowest BCUT2D eigenvalue weighted by atomic mass is 10.2. The monoisotopic (exact) mass is 277 g/mol. The Morgan fingerprint density at radius 2 is 1.78 bits per heavy atom. The molecular formula is C14H9Cl2NO. The molecule has 0 heterocycles. The summed E-state index contributed by atoms with van der Waals surface area (Å²) in [4.78, 5) is 0. The molecule has 0 saturated heterocycles. The summed E-state index contributed by atoms with van der Waals surface area (Å²) in [6, 6.07) is 12.3. The van der Waals surface area contributed by atoms with Crippen LogP contribution in [0.1, 0.15) is 11.1 Å². The van der Waals surface area contributed by atoms with Gasteiger partial charge in [0.1, 0.15) is 11.5 Å². The molecule has 0 fully saturated rings. The molecule has 4 heteroatoms. The number of halogens is 2. The third-order valence-electron chi connectivity index (χ3n) is 2.42. The van der Waals surface area contributed by atoms with Crippen LogP contribution >= 0.6 is 23.2 Å². The van der Waals surface area contributed by atoms with E-state index in [0.717, 1.165) is 5.56 Å². The van der Waals surface area contributed by atoms with Gasteiger partial charge in [-0.2, -0.15) is 5.26 Å². The van der Waals surface area contributed by atoms with E-state index in [1.165, 1.54) is 0 Å². The van der Waals surface area contributed by atoms with Crippen molar-refractivity contribution in [1.82, 2.24) is 0 Å². The van der Waals surface area contributed by atoms with Gasteiger partial charge in [0, 0.05) is 5.02 Å². The molecule has 2 nitrogen and oxygen atoms in total. The van der Waals surface area contributed by atoms with Gasteiger partial charge in [0.2, 0.25) is 0 Å². The van der Waals surface area contributed by atoms with Crippen LogP contribution in [-0.4, -0.2) is 0 Å². The highest BCUT2D eigenvalue weighted by atomic mass is 35.5. The number of rotatable bonds is 2. The number of ether oxygens (including phenoxy) is 1. The molecule has 2 aromatic rings. The highest BCUT2D eigenvalue weighted by Crippen LogP contribution is 2.32. The van der Waals surface area contributed by atoms with E-state index < -0.39 is 0 Å². The molecule has 18 heavy (non-hydrogen) atoms. The van der Waals surface area contributed by atoms with Crippen LogP contribution in [-0.2, 0) is 0 Å². The van der Waals surface area contributed by atoms with E-state index in [1.807, 2.05) is 19.1 Å². The summed E-state index contributed by atoms with van der Waals surface area (Å²) < 4.78 is 5.69. The summed E-state index contributed by atoms with van der Waals surface area (Å²) in [5.74, 6) is 1.20. The maximum absolute atomic E-state index is 8.75. The summed E-state index contributed by atoms with van der Waals surface area (Å²) >= 11 is 11.9. The average molecular weight is 278 g/mol. The summed E-state index contributed by atoms with van der Waals surface area (Å²) in [5, 5.41) is 9.82. The standard InChI is InChI=1S/C14H9Cl2NO/c1-9-6-11(15)3-5-13(9)18-14-4-2-10(8-17)7-12(14)16/h2-7H,1H3. The van der Waals surface area contributed by atoms with E-state index >= 15 is 0 Å². The van der Waals surface area contributed by atoms with Crippen molar-refractivity contribution in [3.8, 4) is 17.6 Å². The molecule has 0 spiro atoms. The van der Waals surface area contributed by atoms with Gasteiger partial charge in [-0.1, -0.05) is 23.2 Å². The van der Waals surface area contributed by atoms with Crippen LogP contribution < -0.4 is 4.74 Å². The minimum atomic E-state index is 0.406. The number of aryl methyl sites for hydroxylation is 1. The SMILES string of the molecule is Cc1cc(Cl)ccc1Oc1ccc(C#N)cc1Cl. The highest BCUT2D eigenvalue weighted by molar-refractivity contribution is 6.32. The minimum Gasteiger partial charge on any atom is -0.456 e. The van der Waals surface area contributed by atoms with Crippen molar-refractivity contribution < 1.29 is 4.74 Å². The Bertz CT molecular complexity index is 632. The van der Waals surface area contributed by atoms with Crippen LogP contribution in [0.2, 0.25) is 10.0 Å². The zero-order chi connectivity index (χ0) is 13.1. The Labute approximate surface area is 115 Å². The molecule has 0 amide bonds. The molecule has 0 bridgehead atoms. The van der Waals surface area contributed by atoms with Gasteiger partial charge < -0.3 is 4.74 Å². The zero-order valence-electron chi connectivity index (χ0n) is 9.58. The van der Waals surface area contributed by atoms with Crippen LogP contribution in [0, 0.1) is 18.3 Å². The Balaban J connectivity index is 2.32. The van der Waals surface area contributed by atoms with Crippen LogP contribution in [0.15, 0.2) is 36.4 Å². The van der Waals surface area contributed by atoms with E-state index in [-0.39, 0.29) is 0 Å². The Hall–Kier alpha value is -1.69. The third kappa shape index (κ3) is 2.76. The number of hydrogen-bond donors (Lipinski definition) is 0. The molecule has 0 atom stereocenters. The Kier molecular flexibility index (Phi) is 3.76. The second kappa shape index (κ2) is 5.30. The van der Waals surface area contributed by atoms with Crippen LogP contribution in [0.3, 0.4) is 0 Å². The summed E-state index contributed by atoms with van der Waals surface area (Å²) in [7, 11) is 0. The molecule has 90 valence electrons. The predicted octanol–water partition coefficient (Wildman–Crippen LogP) is 4.97. The number of nitriles is 1. The molecule has 0 aliphatic carbocycles. The highest BCUT2D eigenvalue weighted by Gasteiger charge is 2.06. The van der Waals surface area contributed by atoms with Crippen molar-refractivity contribution in [3.63, 3.8) is 0 Å². The van der Waals surface area contributed by atoms with E-state index in [0.29, 0.717) is 27.1 Å². The Morgan fingerprint density at radius 1 is 1.06 bits per heavy atom. The molecule has 0 N–H and O–H groups in total. The molecule has 0 unspecified atom stereocenters. The van der Waals surface area contributed by atoms with Crippen molar-refractivity contribution in [1.29, 1.82) is 5.26 Å². The fourth-order valence-corrected chi connectivity index (χ4v) is 1.94. The minimum absolute atomic E-state index is 0.406. The molecule has 0 aromatic heterocycles. The van der Waals surface area contributed by atoms with Crippen molar-refractivity contribution >= 4 is 23.2 Å². The van der Waals surface area contributed by atoms with E-state index in [4.69, 9.17) is 33.2 Å². The van der Waals surface area contributed by atoms with E-state index in [1.54, 1.807) is 30.3 Å². The van der Waals surface area contributed by atoms with E-state index in [2.05, 4.69) is 0 Å². The molecule has 0 aliphatic heterocycles. The average Bonchev–Trinajstić information content (AvgIpc) is 2.34. The molecule has 2 rings (SSSR count). The van der Waals surface area contributed by atoms with Gasteiger partial charge in [0.05, 0.1) is 16.7 Å². The second-order valence-electron chi connectivity index (χ2n) is 3.77. The maximum atomic E-state index is 8.75. The van der Waals surface area contributed by atoms with Crippen molar-refractivity contribution in [3.05, 3.63) is 57.6 Å². The van der Waals surface area contributed by atoms with Gasteiger partial charge >= 0.3 is 0 Å². The van der Waals surface area contributed by atoms with Crippen molar-refractivity contribution in [2.45, 2.75) is 6.92 Å². The normalized spacial score (nSPS) is 9.89. The topological polar surface area (TPSA) is 33.0 Å². The molecule has 0 saturated carbocycles. The first-order valence-electron chi connectivity index (χ1n) is 5.24. The lowest BCUT2D eigenvalue weighted by Gasteiger charge is -2.10. The summed E-state index contributed by atoms with van der Waals surface area (Å²) in [5.41, 5.74) is 1.42. The van der Waals surface area contributed by atoms with Crippen LogP contribution in [0.5, 0.6) is 11.5 Å². The molecular weight excluding hydrogens is 269 g/mol. The summed E-state index contributed by atoms with van der Waals surface area (Å²) in [6.07, 6.45) is 0. The number of benzene rings is 2. The van der Waals surface area contributed by atoms with E-state index in [9.17, 15) is 0 Å². The van der Waals surface area contributed by atoms with Gasteiger partial charge in [-0.25, -0.2) is 0 Å². The smallest absolute Gasteiger partial charge is 0.146 e. The first kappa shape index (κ1) is 12.8. The third-order valence-corrected chi connectivity index (χ3v) is 2.95. The quantitative estimate of drug-likeness (QED) is 0.777. The van der Waals surface area contributed by atoms with Gasteiger partial charge in [0.25, 0.3) is 0 Å². The first-order valence-corrected chi connectivity index (χ1v) is 5.99. The molecule has 0 radical (unpaired) electrons. The van der Waals surface area contributed by atoms with Crippen LogP contribution in [0.25, 0.3) is 0 Å². The summed E-state index contributed by atoms with van der Waals surface area (Å²) in [6.45, 7) is 1.90. The Morgan fingerprint density at radius 3 is 2.39 bits per heavy atom. The maximum Gasteiger partial charge on any atom is 0.146 e.